The van der Waals surface area contributed by atoms with Crippen LogP contribution in [0.5, 0.6) is 0 Å². The van der Waals surface area contributed by atoms with Crippen LogP contribution in [0.2, 0.25) is 0 Å². The average Bonchev–Trinajstić information content (AvgIpc) is 2.93. The number of nitrogens with zero attached hydrogens (tertiary/aromatic N) is 1. The van der Waals surface area contributed by atoms with E-state index < -0.39 is 0 Å². The topological polar surface area (TPSA) is 37.4 Å². The molecule has 3 aliphatic rings. The van der Waals surface area contributed by atoms with Crippen molar-refractivity contribution in [3.8, 4) is 0 Å². The first-order valence-electron chi connectivity index (χ1n) is 6.70. The number of carbonyl (C=O) groups excluding carboxylic acids is 2. The lowest BCUT2D eigenvalue weighted by Gasteiger charge is -2.24. The molecule has 92 valence electrons. The van der Waals surface area contributed by atoms with Crippen LogP contribution >= 0.6 is 0 Å². The molecule has 1 heterocycles. The van der Waals surface area contributed by atoms with Gasteiger partial charge in [0, 0.05) is 6.04 Å². The summed E-state index contributed by atoms with van der Waals surface area (Å²) in [5.74, 6) is 0.796. The summed E-state index contributed by atoms with van der Waals surface area (Å²) in [5, 5.41) is 0. The molecule has 3 rings (SSSR count). The summed E-state index contributed by atoms with van der Waals surface area (Å²) >= 11 is 0. The highest BCUT2D eigenvalue weighted by atomic mass is 16.2. The maximum atomic E-state index is 12.4. The smallest absolute Gasteiger partial charge is 0.233 e. The molecule has 3 nitrogen and oxygen atoms in total. The predicted molar refractivity (Wildman–Crippen MR) is 63.9 cm³/mol. The fourth-order valence-electron chi connectivity index (χ4n) is 3.91. The van der Waals surface area contributed by atoms with Crippen LogP contribution in [0.4, 0.5) is 0 Å². The molecule has 5 unspecified atom stereocenters. The minimum atomic E-state index is -0.0307. The van der Waals surface area contributed by atoms with Crippen molar-refractivity contribution >= 4 is 11.8 Å². The number of amides is 2. The van der Waals surface area contributed by atoms with Crippen molar-refractivity contribution in [3.63, 3.8) is 0 Å². The van der Waals surface area contributed by atoms with Gasteiger partial charge in [-0.2, -0.15) is 0 Å². The van der Waals surface area contributed by atoms with E-state index in [4.69, 9.17) is 0 Å². The molecule has 0 N–H and O–H groups in total. The van der Waals surface area contributed by atoms with Gasteiger partial charge in [0.15, 0.2) is 0 Å². The largest absolute Gasteiger partial charge is 0.279 e. The van der Waals surface area contributed by atoms with Crippen LogP contribution in [0.25, 0.3) is 0 Å². The first-order valence-corrected chi connectivity index (χ1v) is 6.70. The van der Waals surface area contributed by atoms with Gasteiger partial charge in [0.1, 0.15) is 0 Å². The molecule has 2 fully saturated rings. The molecule has 0 aromatic heterocycles. The van der Waals surface area contributed by atoms with Crippen LogP contribution in [0, 0.1) is 23.7 Å². The highest BCUT2D eigenvalue weighted by Gasteiger charge is 2.59. The van der Waals surface area contributed by atoms with E-state index in [1.54, 1.807) is 4.90 Å². The number of fused-ring (bicyclic) bond motifs is 5. The molecule has 3 heteroatoms. The van der Waals surface area contributed by atoms with E-state index in [1.165, 1.54) is 0 Å². The summed E-state index contributed by atoms with van der Waals surface area (Å²) < 4.78 is 0. The Morgan fingerprint density at radius 2 is 1.76 bits per heavy atom. The van der Waals surface area contributed by atoms with E-state index in [0.717, 1.165) is 19.3 Å². The van der Waals surface area contributed by atoms with E-state index in [-0.39, 0.29) is 29.7 Å². The van der Waals surface area contributed by atoms with Gasteiger partial charge in [-0.25, -0.2) is 0 Å². The van der Waals surface area contributed by atoms with Crippen LogP contribution in [0.15, 0.2) is 12.2 Å². The number of rotatable bonds is 3. The first kappa shape index (κ1) is 11.0. The van der Waals surface area contributed by atoms with E-state index in [0.29, 0.717) is 11.8 Å². The minimum absolute atomic E-state index is 0.0307. The summed E-state index contributed by atoms with van der Waals surface area (Å²) in [6.45, 7) is 4.09. The van der Waals surface area contributed by atoms with Gasteiger partial charge < -0.3 is 0 Å². The molecule has 0 spiro atoms. The van der Waals surface area contributed by atoms with Crippen LogP contribution in [-0.2, 0) is 9.59 Å². The number of hydrogen-bond acceptors (Lipinski definition) is 2. The van der Waals surface area contributed by atoms with Gasteiger partial charge in [0.2, 0.25) is 11.8 Å². The van der Waals surface area contributed by atoms with E-state index >= 15 is 0 Å². The summed E-state index contributed by atoms with van der Waals surface area (Å²) in [7, 11) is 0. The molecule has 0 radical (unpaired) electrons. The third-order valence-electron chi connectivity index (χ3n) is 4.65. The van der Waals surface area contributed by atoms with E-state index in [2.05, 4.69) is 19.1 Å². The Hall–Kier alpha value is -1.12. The van der Waals surface area contributed by atoms with Crippen LogP contribution in [-0.4, -0.2) is 22.8 Å². The predicted octanol–water partition coefficient (Wildman–Crippen LogP) is 1.98. The molecule has 17 heavy (non-hydrogen) atoms. The van der Waals surface area contributed by atoms with Crippen molar-refractivity contribution in [2.45, 2.75) is 39.2 Å². The van der Waals surface area contributed by atoms with Crippen LogP contribution in [0.1, 0.15) is 33.1 Å². The van der Waals surface area contributed by atoms with Gasteiger partial charge in [-0.15, -0.1) is 0 Å². The minimum Gasteiger partial charge on any atom is -0.279 e. The van der Waals surface area contributed by atoms with Gasteiger partial charge >= 0.3 is 0 Å². The number of imide groups is 1. The van der Waals surface area contributed by atoms with Crippen molar-refractivity contribution in [1.29, 1.82) is 0 Å². The lowest BCUT2D eigenvalue weighted by Crippen LogP contribution is -2.40. The van der Waals surface area contributed by atoms with Gasteiger partial charge in [-0.05, 0) is 31.6 Å². The van der Waals surface area contributed by atoms with Crippen LogP contribution in [0.3, 0.4) is 0 Å². The Bertz CT molecular complexity index is 371. The monoisotopic (exact) mass is 233 g/mol. The highest BCUT2D eigenvalue weighted by Crippen LogP contribution is 2.52. The van der Waals surface area contributed by atoms with E-state index in [1.807, 2.05) is 6.92 Å². The Kier molecular flexibility index (Phi) is 2.39. The van der Waals surface area contributed by atoms with Gasteiger partial charge in [-0.3, -0.25) is 14.5 Å². The summed E-state index contributed by atoms with van der Waals surface area (Å²) in [6, 6.07) is 0.0741. The fraction of sp³-hybridized carbons (Fsp3) is 0.714. The van der Waals surface area contributed by atoms with Gasteiger partial charge in [0.05, 0.1) is 11.8 Å². The maximum Gasteiger partial charge on any atom is 0.233 e. The maximum absolute atomic E-state index is 12.4. The molecule has 0 aromatic carbocycles. The molecule has 0 aromatic rings. The van der Waals surface area contributed by atoms with Crippen molar-refractivity contribution in [2.75, 3.05) is 0 Å². The quantitative estimate of drug-likeness (QED) is 0.552. The number of hydrogen-bond donors (Lipinski definition) is 0. The van der Waals surface area contributed by atoms with Gasteiger partial charge in [0.25, 0.3) is 0 Å². The number of likely N-dealkylation sites (tertiary alicyclic amines) is 1. The second kappa shape index (κ2) is 3.69. The Morgan fingerprint density at radius 1 is 1.24 bits per heavy atom. The Labute approximate surface area is 102 Å². The average molecular weight is 233 g/mol. The Balaban J connectivity index is 1.87. The van der Waals surface area contributed by atoms with Crippen molar-refractivity contribution in [3.05, 3.63) is 12.2 Å². The fourth-order valence-corrected chi connectivity index (χ4v) is 3.91. The summed E-state index contributed by atoms with van der Waals surface area (Å²) in [4.78, 5) is 26.3. The SMILES string of the molecule is CCCC(C)N1C(=O)C2C3C=CC(C3)C2C1=O. The molecular weight excluding hydrogens is 214 g/mol. The molecule has 5 atom stereocenters. The molecule has 2 amide bonds. The van der Waals surface area contributed by atoms with Crippen molar-refractivity contribution in [2.24, 2.45) is 23.7 Å². The molecule has 1 saturated heterocycles. The highest BCUT2D eigenvalue weighted by molar-refractivity contribution is 6.06. The molecular formula is C14H19NO2. The Morgan fingerprint density at radius 3 is 2.24 bits per heavy atom. The standard InChI is InChI=1S/C14H19NO2/c1-3-4-8(2)15-13(16)11-9-5-6-10(7-9)12(11)14(15)17/h5-6,8-12H,3-4,7H2,1-2H3. The molecule has 2 bridgehead atoms. The summed E-state index contributed by atoms with van der Waals surface area (Å²) in [5.41, 5.74) is 0. The molecule has 1 saturated carbocycles. The number of allylic oxidation sites excluding steroid dienone is 2. The summed E-state index contributed by atoms with van der Waals surface area (Å²) in [6.07, 6.45) is 7.23. The molecule has 2 aliphatic carbocycles. The van der Waals surface area contributed by atoms with E-state index in [9.17, 15) is 9.59 Å². The number of carbonyl (C=O) groups is 2. The normalized spacial score (nSPS) is 40.2. The third-order valence-corrected chi connectivity index (χ3v) is 4.65. The third kappa shape index (κ3) is 1.34. The first-order chi connectivity index (χ1) is 8.15. The van der Waals surface area contributed by atoms with Gasteiger partial charge in [-0.1, -0.05) is 25.5 Å². The second-order valence-electron chi connectivity index (χ2n) is 5.68. The lowest BCUT2D eigenvalue weighted by molar-refractivity contribution is -0.143. The molecule has 1 aliphatic heterocycles. The zero-order valence-electron chi connectivity index (χ0n) is 10.4. The zero-order chi connectivity index (χ0) is 12.2. The zero-order valence-corrected chi connectivity index (χ0v) is 10.4. The lowest BCUT2D eigenvalue weighted by atomic mass is 9.85. The van der Waals surface area contributed by atoms with Crippen LogP contribution < -0.4 is 0 Å². The van der Waals surface area contributed by atoms with Crippen molar-refractivity contribution < 1.29 is 9.59 Å². The second-order valence-corrected chi connectivity index (χ2v) is 5.68. The van der Waals surface area contributed by atoms with Crippen molar-refractivity contribution in [1.82, 2.24) is 4.90 Å².